The molecule has 0 spiro atoms. The fraction of sp³-hybridized carbons (Fsp3) is 0.100. The quantitative estimate of drug-likeness (QED) is 0.522. The Morgan fingerprint density at radius 2 is 1.94 bits per heavy atom. The summed E-state index contributed by atoms with van der Waals surface area (Å²) in [6.45, 7) is 0. The van der Waals surface area contributed by atoms with Crippen LogP contribution >= 0.6 is 0 Å². The average molecular weight is 428 g/mol. The maximum Gasteiger partial charge on any atom is 0.573 e. The van der Waals surface area contributed by atoms with Crippen molar-refractivity contribution in [1.29, 1.82) is 0 Å². The number of hydrogen-bond donors (Lipinski definition) is 1. The van der Waals surface area contributed by atoms with E-state index in [-0.39, 0.29) is 11.3 Å². The molecule has 0 saturated heterocycles. The number of halogens is 3. The minimum atomic E-state index is -4.82. The number of hydrogen-bond acceptors (Lipinski definition) is 5. The lowest BCUT2D eigenvalue weighted by Gasteiger charge is -2.11. The van der Waals surface area contributed by atoms with Crippen LogP contribution in [0.2, 0.25) is 0 Å². The molecule has 2 aromatic carbocycles. The molecule has 11 heteroatoms. The van der Waals surface area contributed by atoms with E-state index in [1.165, 1.54) is 16.8 Å². The Labute approximate surface area is 173 Å². The lowest BCUT2D eigenvalue weighted by Crippen LogP contribution is -2.17. The average Bonchev–Trinajstić information content (AvgIpc) is 3.36. The van der Waals surface area contributed by atoms with Crippen molar-refractivity contribution in [2.75, 3.05) is 5.32 Å². The number of carbonyl (C=O) groups excluding carboxylic acids is 1. The highest BCUT2D eigenvalue weighted by atomic mass is 19.4. The number of imidazole rings is 1. The molecule has 0 atom stereocenters. The van der Waals surface area contributed by atoms with Crippen LogP contribution in [-0.2, 0) is 7.05 Å². The van der Waals surface area contributed by atoms with Gasteiger partial charge in [0.1, 0.15) is 11.4 Å². The number of amides is 1. The van der Waals surface area contributed by atoms with Gasteiger partial charge in [-0.1, -0.05) is 17.3 Å². The van der Waals surface area contributed by atoms with Crippen molar-refractivity contribution in [1.82, 2.24) is 24.5 Å². The molecule has 2 heterocycles. The molecule has 0 unspecified atom stereocenters. The predicted octanol–water partition coefficient (Wildman–Crippen LogP) is 3.82. The third-order valence-corrected chi connectivity index (χ3v) is 4.27. The van der Waals surface area contributed by atoms with Gasteiger partial charge in [-0.2, -0.15) is 0 Å². The molecule has 1 amide bonds. The fourth-order valence-corrected chi connectivity index (χ4v) is 2.88. The van der Waals surface area contributed by atoms with Gasteiger partial charge in [0.25, 0.3) is 5.91 Å². The van der Waals surface area contributed by atoms with E-state index in [4.69, 9.17) is 0 Å². The topological polar surface area (TPSA) is 86.9 Å². The molecule has 0 fully saturated rings. The van der Waals surface area contributed by atoms with Crippen LogP contribution in [0, 0.1) is 0 Å². The van der Waals surface area contributed by atoms with E-state index < -0.39 is 18.0 Å². The lowest BCUT2D eigenvalue weighted by atomic mass is 10.2. The van der Waals surface area contributed by atoms with Crippen LogP contribution in [-0.4, -0.2) is 36.8 Å². The van der Waals surface area contributed by atoms with Gasteiger partial charge in [-0.15, -0.1) is 18.3 Å². The summed E-state index contributed by atoms with van der Waals surface area (Å²) < 4.78 is 44.4. The highest BCUT2D eigenvalue weighted by Gasteiger charge is 2.31. The monoisotopic (exact) mass is 428 g/mol. The molecule has 4 aromatic rings. The Morgan fingerprint density at radius 3 is 2.68 bits per heavy atom. The van der Waals surface area contributed by atoms with Crippen LogP contribution < -0.4 is 10.1 Å². The van der Waals surface area contributed by atoms with Crippen LogP contribution in [0.3, 0.4) is 0 Å². The molecule has 158 valence electrons. The smallest absolute Gasteiger partial charge is 0.406 e. The molecule has 1 N–H and O–H groups in total. The first-order valence-corrected chi connectivity index (χ1v) is 8.95. The number of aromatic nitrogens is 5. The molecular formula is C20H15F3N6O2. The van der Waals surface area contributed by atoms with E-state index >= 15 is 0 Å². The number of benzene rings is 2. The molecule has 0 bridgehead atoms. The summed E-state index contributed by atoms with van der Waals surface area (Å²) in [5.41, 5.74) is 2.42. The Kier molecular flexibility index (Phi) is 5.15. The Hall–Kier alpha value is -4.15. The highest BCUT2D eigenvalue weighted by molar-refractivity contribution is 6.04. The fourth-order valence-electron chi connectivity index (χ4n) is 2.88. The van der Waals surface area contributed by atoms with Crippen molar-refractivity contribution in [3.05, 3.63) is 72.8 Å². The molecule has 0 radical (unpaired) electrons. The van der Waals surface area contributed by atoms with Gasteiger partial charge in [0.15, 0.2) is 0 Å². The van der Waals surface area contributed by atoms with Gasteiger partial charge in [0.2, 0.25) is 0 Å². The SMILES string of the molecule is Cn1cncc1-c1cn(-c2cccc(C(=O)Nc3cccc(OC(F)(F)F)c3)c2)nn1. The molecule has 0 aliphatic rings. The normalized spacial score (nSPS) is 11.4. The number of carbonyl (C=O) groups is 1. The van der Waals surface area contributed by atoms with Gasteiger partial charge in [-0.25, -0.2) is 9.67 Å². The van der Waals surface area contributed by atoms with Crippen molar-refractivity contribution in [3.8, 4) is 22.8 Å². The number of nitrogens with zero attached hydrogens (tertiary/aromatic N) is 5. The molecule has 4 rings (SSSR count). The zero-order chi connectivity index (χ0) is 22.0. The van der Waals surface area contributed by atoms with Crippen molar-refractivity contribution in [2.24, 2.45) is 7.05 Å². The van der Waals surface area contributed by atoms with Crippen molar-refractivity contribution in [3.63, 3.8) is 0 Å². The number of nitrogens with one attached hydrogen (secondary N) is 1. The molecule has 8 nitrogen and oxygen atoms in total. The molecule has 0 aliphatic heterocycles. The van der Waals surface area contributed by atoms with Crippen LogP contribution in [0.5, 0.6) is 5.75 Å². The van der Waals surface area contributed by atoms with Gasteiger partial charge in [0, 0.05) is 24.4 Å². The van der Waals surface area contributed by atoms with Crippen LogP contribution in [0.1, 0.15) is 10.4 Å². The first-order valence-electron chi connectivity index (χ1n) is 8.95. The largest absolute Gasteiger partial charge is 0.573 e. The molecule has 0 saturated carbocycles. The Morgan fingerprint density at radius 1 is 1.13 bits per heavy atom. The van der Waals surface area contributed by atoms with E-state index in [0.717, 1.165) is 17.8 Å². The molecular weight excluding hydrogens is 413 g/mol. The van der Waals surface area contributed by atoms with Crippen LogP contribution in [0.4, 0.5) is 18.9 Å². The van der Waals surface area contributed by atoms with E-state index in [2.05, 4.69) is 25.3 Å². The van der Waals surface area contributed by atoms with Crippen molar-refractivity contribution >= 4 is 11.6 Å². The highest BCUT2D eigenvalue weighted by Crippen LogP contribution is 2.25. The Bertz CT molecular complexity index is 1230. The van der Waals surface area contributed by atoms with Gasteiger partial charge in [0.05, 0.1) is 30.1 Å². The lowest BCUT2D eigenvalue weighted by molar-refractivity contribution is -0.274. The van der Waals surface area contributed by atoms with E-state index in [0.29, 0.717) is 11.4 Å². The van der Waals surface area contributed by atoms with Crippen molar-refractivity contribution < 1.29 is 22.7 Å². The Balaban J connectivity index is 1.52. The number of rotatable bonds is 5. The standard InChI is InChI=1S/C20H15F3N6O2/c1-28-12-24-10-18(28)17-11-29(27-26-17)15-6-2-4-13(8-15)19(30)25-14-5-3-7-16(9-14)31-20(21,22)23/h2-12H,1H3,(H,25,30). The maximum absolute atomic E-state index is 12.6. The molecule has 0 aliphatic carbocycles. The number of alkyl halides is 3. The molecule has 31 heavy (non-hydrogen) atoms. The van der Waals surface area contributed by atoms with Crippen LogP contribution in [0.25, 0.3) is 17.1 Å². The van der Waals surface area contributed by atoms with Gasteiger partial charge in [-0.05, 0) is 30.3 Å². The third-order valence-electron chi connectivity index (χ3n) is 4.27. The van der Waals surface area contributed by atoms with Gasteiger partial charge < -0.3 is 14.6 Å². The van der Waals surface area contributed by atoms with E-state index in [1.807, 2.05) is 7.05 Å². The summed E-state index contributed by atoms with van der Waals surface area (Å²) in [6, 6.07) is 11.6. The maximum atomic E-state index is 12.6. The van der Waals surface area contributed by atoms with Gasteiger partial charge in [-0.3, -0.25) is 4.79 Å². The first-order chi connectivity index (χ1) is 14.8. The van der Waals surface area contributed by atoms with Crippen LogP contribution in [0.15, 0.2) is 67.3 Å². The minimum Gasteiger partial charge on any atom is -0.406 e. The summed E-state index contributed by atoms with van der Waals surface area (Å²) in [5.74, 6) is -0.928. The second-order valence-electron chi connectivity index (χ2n) is 6.52. The zero-order valence-electron chi connectivity index (χ0n) is 16.0. The van der Waals surface area contributed by atoms with E-state index in [1.54, 1.807) is 47.6 Å². The number of anilines is 1. The minimum absolute atomic E-state index is 0.163. The van der Waals surface area contributed by atoms with E-state index in [9.17, 15) is 18.0 Å². The summed E-state index contributed by atoms with van der Waals surface area (Å²) in [6.07, 6.45) is 0.192. The summed E-state index contributed by atoms with van der Waals surface area (Å²) in [5, 5.41) is 10.8. The molecule has 2 aromatic heterocycles. The second kappa shape index (κ2) is 7.94. The second-order valence-corrected chi connectivity index (χ2v) is 6.52. The third kappa shape index (κ3) is 4.71. The predicted molar refractivity (Wildman–Crippen MR) is 105 cm³/mol. The summed E-state index contributed by atoms with van der Waals surface area (Å²) >= 11 is 0. The summed E-state index contributed by atoms with van der Waals surface area (Å²) in [4.78, 5) is 16.6. The summed E-state index contributed by atoms with van der Waals surface area (Å²) in [7, 11) is 1.83. The van der Waals surface area contributed by atoms with Gasteiger partial charge >= 0.3 is 6.36 Å². The first kappa shape index (κ1) is 20.1. The van der Waals surface area contributed by atoms with Crippen molar-refractivity contribution in [2.45, 2.75) is 6.36 Å². The zero-order valence-corrected chi connectivity index (χ0v) is 16.0. The number of aryl methyl sites for hydroxylation is 1. The number of ether oxygens (including phenoxy) is 1.